The molecule has 0 amide bonds. The van der Waals surface area contributed by atoms with Crippen LogP contribution in [0.25, 0.3) is 0 Å². The van der Waals surface area contributed by atoms with Gasteiger partial charge < -0.3 is 0 Å². The first-order valence-corrected chi connectivity index (χ1v) is 5.89. The highest BCUT2D eigenvalue weighted by atomic mass is 35.7. The van der Waals surface area contributed by atoms with E-state index in [2.05, 4.69) is 4.72 Å². The van der Waals surface area contributed by atoms with E-state index in [1.54, 1.807) is 0 Å². The predicted molar refractivity (Wildman–Crippen MR) is 46.8 cm³/mol. The van der Waals surface area contributed by atoms with Crippen LogP contribution in [0.15, 0.2) is 0 Å². The molecule has 0 heterocycles. The third-order valence-corrected chi connectivity index (χ3v) is 2.39. The van der Waals surface area contributed by atoms with Crippen molar-refractivity contribution in [2.75, 3.05) is 0 Å². The number of nitrogens with one attached hydrogen (secondary N) is 1. The first kappa shape index (κ1) is 11.2. The largest absolute Gasteiger partial charge is 0.297 e. The minimum absolute atomic E-state index is 0.0579. The maximum Gasteiger partial charge on any atom is 0.297 e. The molecule has 0 aliphatic carbocycles. The second-order valence-electron chi connectivity index (χ2n) is 2.81. The van der Waals surface area contributed by atoms with Gasteiger partial charge in [0.25, 0.3) is 9.24 Å². The zero-order chi connectivity index (χ0) is 9.07. The Labute approximate surface area is 72.7 Å². The lowest BCUT2D eigenvalue weighted by molar-refractivity contribution is 0.441. The Morgan fingerprint density at radius 2 is 1.91 bits per heavy atom. The fourth-order valence-corrected chi connectivity index (χ4v) is 2.02. The summed E-state index contributed by atoms with van der Waals surface area (Å²) in [6.45, 7) is 5.81. The van der Waals surface area contributed by atoms with E-state index in [0.29, 0.717) is 0 Å². The van der Waals surface area contributed by atoms with Crippen LogP contribution in [0.5, 0.6) is 0 Å². The molecule has 0 spiro atoms. The predicted octanol–water partition coefficient (Wildman–Crippen LogP) is 1.49. The minimum Gasteiger partial charge on any atom is -0.199 e. The third kappa shape index (κ3) is 5.47. The van der Waals surface area contributed by atoms with Gasteiger partial charge >= 0.3 is 0 Å². The van der Waals surface area contributed by atoms with Gasteiger partial charge in [0.2, 0.25) is 0 Å². The van der Waals surface area contributed by atoms with Gasteiger partial charge in [-0.15, -0.1) is 0 Å². The normalized spacial score (nSPS) is 15.4. The molecule has 0 aromatic heterocycles. The second-order valence-corrected chi connectivity index (χ2v) is 5.14. The van der Waals surface area contributed by atoms with Crippen molar-refractivity contribution >= 4 is 19.9 Å². The molecule has 0 fully saturated rings. The van der Waals surface area contributed by atoms with Crippen molar-refractivity contribution in [1.82, 2.24) is 4.72 Å². The topological polar surface area (TPSA) is 46.2 Å². The third-order valence-electron chi connectivity index (χ3n) is 1.54. The van der Waals surface area contributed by atoms with Gasteiger partial charge in [0.1, 0.15) is 0 Å². The van der Waals surface area contributed by atoms with Gasteiger partial charge in [0, 0.05) is 16.7 Å². The second kappa shape index (κ2) is 4.28. The molecular formula is C6H14ClNO2S. The van der Waals surface area contributed by atoms with E-state index >= 15 is 0 Å². The summed E-state index contributed by atoms with van der Waals surface area (Å²) in [4.78, 5) is 0. The number of halogens is 1. The van der Waals surface area contributed by atoms with Crippen molar-refractivity contribution < 1.29 is 8.42 Å². The fraction of sp³-hybridized carbons (Fsp3) is 1.00. The van der Waals surface area contributed by atoms with E-state index in [1.807, 2.05) is 20.8 Å². The molecule has 0 saturated carbocycles. The quantitative estimate of drug-likeness (QED) is 0.698. The SMILES string of the molecule is CCC(NS(=O)(=O)Cl)C(C)C. The van der Waals surface area contributed by atoms with Crippen molar-refractivity contribution in [3.8, 4) is 0 Å². The highest BCUT2D eigenvalue weighted by Gasteiger charge is 2.16. The molecule has 0 rings (SSSR count). The van der Waals surface area contributed by atoms with Crippen LogP contribution in [0.1, 0.15) is 27.2 Å². The Morgan fingerprint density at radius 3 is 2.00 bits per heavy atom. The van der Waals surface area contributed by atoms with Crippen LogP contribution < -0.4 is 4.72 Å². The number of rotatable bonds is 4. The lowest BCUT2D eigenvalue weighted by Gasteiger charge is -2.17. The van der Waals surface area contributed by atoms with Crippen LogP contribution >= 0.6 is 10.7 Å². The van der Waals surface area contributed by atoms with Gasteiger partial charge in [0.15, 0.2) is 0 Å². The van der Waals surface area contributed by atoms with Gasteiger partial charge in [-0.1, -0.05) is 20.8 Å². The molecule has 0 aliphatic rings. The molecule has 0 aromatic carbocycles. The van der Waals surface area contributed by atoms with E-state index < -0.39 is 9.24 Å². The summed E-state index contributed by atoms with van der Waals surface area (Å²) in [5.41, 5.74) is 0. The first-order chi connectivity index (χ1) is 4.87. The molecule has 3 nitrogen and oxygen atoms in total. The smallest absolute Gasteiger partial charge is 0.199 e. The highest BCUT2D eigenvalue weighted by molar-refractivity contribution is 8.12. The monoisotopic (exact) mass is 199 g/mol. The number of hydrogen-bond donors (Lipinski definition) is 1. The summed E-state index contributed by atoms with van der Waals surface area (Å²) in [6, 6.07) is -0.0579. The van der Waals surface area contributed by atoms with Crippen molar-refractivity contribution in [1.29, 1.82) is 0 Å². The highest BCUT2D eigenvalue weighted by Crippen LogP contribution is 2.07. The molecule has 0 saturated heterocycles. The van der Waals surface area contributed by atoms with Crippen LogP contribution in [0.3, 0.4) is 0 Å². The number of hydrogen-bond acceptors (Lipinski definition) is 2. The van der Waals surface area contributed by atoms with Crippen molar-refractivity contribution in [3.05, 3.63) is 0 Å². The summed E-state index contributed by atoms with van der Waals surface area (Å²) in [7, 11) is 1.45. The standard InChI is InChI=1S/C6H14ClNO2S/c1-4-6(5(2)3)8-11(7,9)10/h5-6,8H,4H2,1-3H3. The van der Waals surface area contributed by atoms with Crippen molar-refractivity contribution in [2.24, 2.45) is 5.92 Å². The molecule has 0 aromatic rings. The van der Waals surface area contributed by atoms with Gasteiger partial charge in [0.05, 0.1) is 0 Å². The van der Waals surface area contributed by atoms with Crippen molar-refractivity contribution in [3.63, 3.8) is 0 Å². The van der Waals surface area contributed by atoms with Crippen LogP contribution in [0.2, 0.25) is 0 Å². The zero-order valence-electron chi connectivity index (χ0n) is 6.96. The maximum atomic E-state index is 10.6. The van der Waals surface area contributed by atoms with Crippen molar-refractivity contribution in [2.45, 2.75) is 33.2 Å². The molecule has 0 radical (unpaired) electrons. The van der Waals surface area contributed by atoms with E-state index in [9.17, 15) is 8.42 Å². The lowest BCUT2D eigenvalue weighted by atomic mass is 10.0. The lowest BCUT2D eigenvalue weighted by Crippen LogP contribution is -2.35. The summed E-state index contributed by atoms with van der Waals surface area (Å²) in [5.74, 6) is 0.272. The zero-order valence-corrected chi connectivity index (χ0v) is 8.54. The Morgan fingerprint density at radius 1 is 1.45 bits per heavy atom. The summed E-state index contributed by atoms with van der Waals surface area (Å²) in [5, 5.41) is 0. The van der Waals surface area contributed by atoms with Crippen LogP contribution in [0, 0.1) is 5.92 Å². The van der Waals surface area contributed by atoms with Gasteiger partial charge in [-0.05, 0) is 12.3 Å². The Kier molecular flexibility index (Phi) is 4.36. The molecule has 0 aliphatic heterocycles. The molecular weight excluding hydrogens is 186 g/mol. The van der Waals surface area contributed by atoms with E-state index in [0.717, 1.165) is 6.42 Å². The summed E-state index contributed by atoms with van der Waals surface area (Å²) >= 11 is 0. The molecule has 1 unspecified atom stereocenters. The maximum absolute atomic E-state index is 10.6. The van der Waals surface area contributed by atoms with Gasteiger partial charge in [-0.2, -0.15) is 13.1 Å². The Balaban J connectivity index is 4.10. The summed E-state index contributed by atoms with van der Waals surface area (Å²) in [6.07, 6.45) is 0.754. The Bertz CT molecular complexity index is 201. The first-order valence-electron chi connectivity index (χ1n) is 3.58. The van der Waals surface area contributed by atoms with E-state index in [-0.39, 0.29) is 12.0 Å². The molecule has 0 bridgehead atoms. The van der Waals surface area contributed by atoms with Gasteiger partial charge in [-0.25, -0.2) is 0 Å². The van der Waals surface area contributed by atoms with E-state index in [4.69, 9.17) is 10.7 Å². The Hall–Kier alpha value is 0.200. The van der Waals surface area contributed by atoms with Crippen LogP contribution in [-0.2, 0) is 9.24 Å². The average Bonchev–Trinajstić information content (AvgIpc) is 1.80. The molecule has 68 valence electrons. The fourth-order valence-electron chi connectivity index (χ4n) is 0.872. The molecule has 11 heavy (non-hydrogen) atoms. The minimum atomic E-state index is -3.56. The summed E-state index contributed by atoms with van der Waals surface area (Å²) < 4.78 is 23.5. The molecule has 1 N–H and O–H groups in total. The van der Waals surface area contributed by atoms with Gasteiger partial charge in [-0.3, -0.25) is 0 Å². The van der Waals surface area contributed by atoms with E-state index in [1.165, 1.54) is 0 Å². The molecule has 1 atom stereocenters. The molecule has 5 heteroatoms. The van der Waals surface area contributed by atoms with Crippen LogP contribution in [-0.4, -0.2) is 14.5 Å². The average molecular weight is 200 g/mol. The van der Waals surface area contributed by atoms with Crippen LogP contribution in [0.4, 0.5) is 0 Å².